The van der Waals surface area contributed by atoms with Crippen molar-refractivity contribution in [2.24, 2.45) is 5.92 Å². The van der Waals surface area contributed by atoms with E-state index in [4.69, 9.17) is 5.11 Å². The second kappa shape index (κ2) is 5.73. The molecule has 0 aliphatic heterocycles. The molecule has 2 rings (SSSR count). The maximum atomic E-state index is 11.9. The van der Waals surface area contributed by atoms with Gasteiger partial charge >= 0.3 is 5.97 Å². The molecule has 2 unspecified atom stereocenters. The molecule has 20 heavy (non-hydrogen) atoms. The van der Waals surface area contributed by atoms with E-state index in [1.165, 1.54) is 0 Å². The van der Waals surface area contributed by atoms with Crippen molar-refractivity contribution in [1.29, 1.82) is 0 Å². The molecule has 0 bridgehead atoms. The molecule has 6 heteroatoms. The van der Waals surface area contributed by atoms with Crippen LogP contribution in [0.4, 0.5) is 0 Å². The molecular formula is C14H17N3O3. The van der Waals surface area contributed by atoms with Crippen molar-refractivity contribution in [2.75, 3.05) is 0 Å². The van der Waals surface area contributed by atoms with Crippen LogP contribution in [0.25, 0.3) is 5.65 Å². The number of aliphatic carboxylic acids is 1. The van der Waals surface area contributed by atoms with Gasteiger partial charge in [-0.1, -0.05) is 6.07 Å². The first-order valence-electron chi connectivity index (χ1n) is 6.42. The summed E-state index contributed by atoms with van der Waals surface area (Å²) < 4.78 is 1.84. The summed E-state index contributed by atoms with van der Waals surface area (Å²) in [6, 6.07) is 5.20. The molecule has 0 saturated heterocycles. The topological polar surface area (TPSA) is 83.7 Å². The predicted molar refractivity (Wildman–Crippen MR) is 73.3 cm³/mol. The third-order valence-electron chi connectivity index (χ3n) is 3.28. The Hall–Kier alpha value is -2.37. The second-order valence-electron chi connectivity index (χ2n) is 4.86. The number of hydrogen-bond acceptors (Lipinski definition) is 3. The van der Waals surface area contributed by atoms with Crippen molar-refractivity contribution in [1.82, 2.24) is 14.7 Å². The number of carbonyl (C=O) groups is 2. The Morgan fingerprint density at radius 1 is 1.40 bits per heavy atom. The van der Waals surface area contributed by atoms with Crippen LogP contribution in [0.5, 0.6) is 0 Å². The lowest BCUT2D eigenvalue weighted by Crippen LogP contribution is -2.40. The lowest BCUT2D eigenvalue weighted by Gasteiger charge is -2.17. The van der Waals surface area contributed by atoms with Crippen LogP contribution in [-0.4, -0.2) is 32.4 Å². The molecule has 0 fully saturated rings. The van der Waals surface area contributed by atoms with Gasteiger partial charge in [-0.15, -0.1) is 0 Å². The standard InChI is InChI=1S/C14H17N3O3/c1-9(14(19)20)10(2)15-13(18)7-11-8-17-6-4-3-5-12(17)16-11/h3-6,8-10H,7H2,1-2H3,(H,15,18)(H,19,20). The number of rotatable bonds is 5. The van der Waals surface area contributed by atoms with E-state index in [1.54, 1.807) is 20.0 Å². The first kappa shape index (κ1) is 14.0. The summed E-state index contributed by atoms with van der Waals surface area (Å²) in [5.74, 6) is -1.78. The molecular weight excluding hydrogens is 258 g/mol. The lowest BCUT2D eigenvalue weighted by atomic mass is 10.0. The van der Waals surface area contributed by atoms with Crippen molar-refractivity contribution >= 4 is 17.5 Å². The van der Waals surface area contributed by atoms with Gasteiger partial charge < -0.3 is 14.8 Å². The summed E-state index contributed by atoms with van der Waals surface area (Å²) in [4.78, 5) is 27.0. The minimum absolute atomic E-state index is 0.137. The van der Waals surface area contributed by atoms with E-state index in [-0.39, 0.29) is 12.3 Å². The highest BCUT2D eigenvalue weighted by atomic mass is 16.4. The zero-order valence-electron chi connectivity index (χ0n) is 11.4. The van der Waals surface area contributed by atoms with E-state index in [0.29, 0.717) is 5.69 Å². The number of hydrogen-bond donors (Lipinski definition) is 2. The van der Waals surface area contributed by atoms with Gasteiger partial charge in [0, 0.05) is 18.4 Å². The van der Waals surface area contributed by atoms with E-state index >= 15 is 0 Å². The molecule has 0 aliphatic rings. The predicted octanol–water partition coefficient (Wildman–Crippen LogP) is 1.10. The minimum Gasteiger partial charge on any atom is -0.481 e. The van der Waals surface area contributed by atoms with Crippen LogP contribution < -0.4 is 5.32 Å². The third-order valence-corrected chi connectivity index (χ3v) is 3.28. The maximum absolute atomic E-state index is 11.9. The van der Waals surface area contributed by atoms with Crippen LogP contribution in [-0.2, 0) is 16.0 Å². The number of nitrogens with zero attached hydrogens (tertiary/aromatic N) is 2. The first-order chi connectivity index (χ1) is 9.47. The Bertz CT molecular complexity index is 602. The van der Waals surface area contributed by atoms with Gasteiger partial charge in [0.05, 0.1) is 18.0 Å². The Morgan fingerprint density at radius 2 is 2.15 bits per heavy atom. The fourth-order valence-electron chi connectivity index (χ4n) is 1.88. The fourth-order valence-corrected chi connectivity index (χ4v) is 1.88. The molecule has 2 aromatic heterocycles. The molecule has 2 N–H and O–H groups in total. The molecule has 0 radical (unpaired) electrons. The Kier molecular flexibility index (Phi) is 4.02. The number of nitrogens with one attached hydrogen (secondary N) is 1. The number of carboxylic acids is 1. The summed E-state index contributed by atoms with van der Waals surface area (Å²) in [6.45, 7) is 3.25. The van der Waals surface area contributed by atoms with E-state index in [9.17, 15) is 9.59 Å². The molecule has 0 saturated carbocycles. The summed E-state index contributed by atoms with van der Waals surface area (Å²) >= 11 is 0. The number of aromatic nitrogens is 2. The van der Waals surface area contributed by atoms with Gasteiger partial charge in [-0.3, -0.25) is 9.59 Å². The molecule has 2 atom stereocenters. The van der Waals surface area contributed by atoms with Gasteiger partial charge in [-0.25, -0.2) is 4.98 Å². The van der Waals surface area contributed by atoms with Gasteiger partial charge in [0.1, 0.15) is 5.65 Å². The number of fused-ring (bicyclic) bond motifs is 1. The van der Waals surface area contributed by atoms with Crippen LogP contribution in [0.15, 0.2) is 30.6 Å². The van der Waals surface area contributed by atoms with Gasteiger partial charge in [-0.2, -0.15) is 0 Å². The highest BCUT2D eigenvalue weighted by Gasteiger charge is 2.21. The molecule has 6 nitrogen and oxygen atoms in total. The van der Waals surface area contributed by atoms with E-state index in [2.05, 4.69) is 10.3 Å². The molecule has 0 spiro atoms. The molecule has 2 aromatic rings. The van der Waals surface area contributed by atoms with Crippen molar-refractivity contribution in [2.45, 2.75) is 26.3 Å². The number of pyridine rings is 1. The zero-order valence-corrected chi connectivity index (χ0v) is 11.4. The normalized spacial score (nSPS) is 13.9. The van der Waals surface area contributed by atoms with Crippen LogP contribution in [0.1, 0.15) is 19.5 Å². The van der Waals surface area contributed by atoms with Gasteiger partial charge in [0.15, 0.2) is 0 Å². The van der Waals surface area contributed by atoms with Gasteiger partial charge in [-0.05, 0) is 26.0 Å². The SMILES string of the molecule is CC(NC(=O)Cc1cn2ccccc2n1)C(C)C(=O)O. The Labute approximate surface area is 116 Å². The number of carboxylic acid groups (broad SMARTS) is 1. The lowest BCUT2D eigenvalue weighted by molar-refractivity contribution is -0.142. The van der Waals surface area contributed by atoms with E-state index in [0.717, 1.165) is 5.65 Å². The molecule has 2 heterocycles. The van der Waals surface area contributed by atoms with Crippen molar-refractivity contribution < 1.29 is 14.7 Å². The molecule has 106 valence electrons. The second-order valence-corrected chi connectivity index (χ2v) is 4.86. The highest BCUT2D eigenvalue weighted by molar-refractivity contribution is 5.79. The smallest absolute Gasteiger partial charge is 0.308 e. The fraction of sp³-hybridized carbons (Fsp3) is 0.357. The van der Waals surface area contributed by atoms with Crippen LogP contribution >= 0.6 is 0 Å². The highest BCUT2D eigenvalue weighted by Crippen LogP contribution is 2.06. The van der Waals surface area contributed by atoms with E-state index in [1.807, 2.05) is 28.8 Å². The van der Waals surface area contributed by atoms with Gasteiger partial charge in [0.25, 0.3) is 0 Å². The minimum atomic E-state index is -0.925. The van der Waals surface area contributed by atoms with E-state index < -0.39 is 17.9 Å². The van der Waals surface area contributed by atoms with Gasteiger partial charge in [0.2, 0.25) is 5.91 Å². The first-order valence-corrected chi connectivity index (χ1v) is 6.42. The summed E-state index contributed by atoms with van der Waals surface area (Å²) in [7, 11) is 0. The quantitative estimate of drug-likeness (QED) is 0.856. The van der Waals surface area contributed by atoms with Crippen LogP contribution in [0.2, 0.25) is 0 Å². The Balaban J connectivity index is 1.99. The van der Waals surface area contributed by atoms with Crippen molar-refractivity contribution in [3.8, 4) is 0 Å². The molecule has 0 aliphatic carbocycles. The number of carbonyl (C=O) groups excluding carboxylic acids is 1. The van der Waals surface area contributed by atoms with Crippen LogP contribution in [0, 0.1) is 5.92 Å². The number of imidazole rings is 1. The van der Waals surface area contributed by atoms with Crippen molar-refractivity contribution in [3.63, 3.8) is 0 Å². The number of amides is 1. The van der Waals surface area contributed by atoms with Crippen molar-refractivity contribution in [3.05, 3.63) is 36.3 Å². The summed E-state index contributed by atoms with van der Waals surface area (Å²) in [6.07, 6.45) is 3.79. The summed E-state index contributed by atoms with van der Waals surface area (Å²) in [5.41, 5.74) is 1.44. The molecule has 1 amide bonds. The average molecular weight is 275 g/mol. The maximum Gasteiger partial charge on any atom is 0.308 e. The largest absolute Gasteiger partial charge is 0.481 e. The monoisotopic (exact) mass is 275 g/mol. The third kappa shape index (κ3) is 3.14. The average Bonchev–Trinajstić information content (AvgIpc) is 2.79. The Morgan fingerprint density at radius 3 is 2.80 bits per heavy atom. The zero-order chi connectivity index (χ0) is 14.7. The van der Waals surface area contributed by atoms with Crippen LogP contribution in [0.3, 0.4) is 0 Å². The molecule has 0 aromatic carbocycles. The summed E-state index contributed by atoms with van der Waals surface area (Å²) in [5, 5.41) is 11.6.